The van der Waals surface area contributed by atoms with E-state index in [2.05, 4.69) is 0 Å². The zero-order valence-electron chi connectivity index (χ0n) is 7.97. The average Bonchev–Trinajstić information content (AvgIpc) is 2.00. The van der Waals surface area contributed by atoms with Gasteiger partial charge in [-0.05, 0) is 24.6 Å². The SMILES string of the molecule is Cc1cccc(OC2CC(F)(F)C2)c1. The van der Waals surface area contributed by atoms with Gasteiger partial charge in [0.2, 0.25) is 0 Å². The molecule has 0 spiro atoms. The highest BCUT2D eigenvalue weighted by molar-refractivity contribution is 5.27. The van der Waals surface area contributed by atoms with Crippen molar-refractivity contribution >= 4 is 0 Å². The van der Waals surface area contributed by atoms with Gasteiger partial charge in [0, 0.05) is 12.8 Å². The van der Waals surface area contributed by atoms with Crippen LogP contribution >= 0.6 is 0 Å². The van der Waals surface area contributed by atoms with Crippen LogP contribution in [-0.4, -0.2) is 12.0 Å². The third-order valence-electron chi connectivity index (χ3n) is 2.34. The molecule has 0 atom stereocenters. The first kappa shape index (κ1) is 9.44. The van der Waals surface area contributed by atoms with Crippen molar-refractivity contribution in [2.24, 2.45) is 0 Å². The van der Waals surface area contributed by atoms with Crippen molar-refractivity contribution < 1.29 is 13.5 Å². The van der Waals surface area contributed by atoms with Crippen LogP contribution in [0.4, 0.5) is 8.78 Å². The van der Waals surface area contributed by atoms with Crippen molar-refractivity contribution in [2.45, 2.75) is 31.8 Å². The fraction of sp³-hybridized carbons (Fsp3) is 0.455. The van der Waals surface area contributed by atoms with Gasteiger partial charge in [0.25, 0.3) is 5.92 Å². The molecule has 3 heteroatoms. The second-order valence-corrected chi connectivity index (χ2v) is 3.82. The maximum absolute atomic E-state index is 12.5. The Hall–Kier alpha value is -1.12. The molecule has 0 heterocycles. The van der Waals surface area contributed by atoms with Crippen molar-refractivity contribution in [3.8, 4) is 5.75 Å². The molecule has 14 heavy (non-hydrogen) atoms. The van der Waals surface area contributed by atoms with E-state index in [1.165, 1.54) is 0 Å². The second-order valence-electron chi connectivity index (χ2n) is 3.82. The van der Waals surface area contributed by atoms with E-state index in [9.17, 15) is 8.78 Å². The summed E-state index contributed by atoms with van der Waals surface area (Å²) in [6, 6.07) is 7.46. The van der Waals surface area contributed by atoms with Crippen molar-refractivity contribution in [3.05, 3.63) is 29.8 Å². The summed E-state index contributed by atoms with van der Waals surface area (Å²) in [5.74, 6) is -1.82. The molecule has 0 saturated heterocycles. The normalized spacial score (nSPS) is 20.2. The quantitative estimate of drug-likeness (QED) is 0.709. The molecule has 0 radical (unpaired) electrons. The number of hydrogen-bond acceptors (Lipinski definition) is 1. The maximum atomic E-state index is 12.5. The summed E-state index contributed by atoms with van der Waals surface area (Å²) in [4.78, 5) is 0. The molecule has 0 amide bonds. The Bertz CT molecular complexity index is 328. The maximum Gasteiger partial charge on any atom is 0.255 e. The Kier molecular flexibility index (Phi) is 2.17. The molecule has 1 saturated carbocycles. The fourth-order valence-corrected chi connectivity index (χ4v) is 1.57. The number of aryl methyl sites for hydroxylation is 1. The number of hydrogen-bond donors (Lipinski definition) is 0. The molecule has 0 aliphatic heterocycles. The lowest BCUT2D eigenvalue weighted by atomic mass is 9.91. The highest BCUT2D eigenvalue weighted by Gasteiger charge is 2.46. The monoisotopic (exact) mass is 198 g/mol. The van der Waals surface area contributed by atoms with Crippen molar-refractivity contribution in [1.82, 2.24) is 0 Å². The standard InChI is InChI=1S/C11H12F2O/c1-8-3-2-4-9(5-8)14-10-6-11(12,13)7-10/h2-5,10H,6-7H2,1H3. The lowest BCUT2D eigenvalue weighted by Gasteiger charge is -2.34. The Morgan fingerprint density at radius 3 is 2.64 bits per heavy atom. The summed E-state index contributed by atoms with van der Waals surface area (Å²) in [7, 11) is 0. The number of halogens is 2. The lowest BCUT2D eigenvalue weighted by molar-refractivity contribution is -0.134. The smallest absolute Gasteiger partial charge is 0.255 e. The van der Waals surface area contributed by atoms with Gasteiger partial charge >= 0.3 is 0 Å². The molecule has 76 valence electrons. The van der Waals surface area contributed by atoms with Crippen LogP contribution in [0.5, 0.6) is 5.75 Å². The first-order chi connectivity index (χ1) is 6.55. The molecule has 1 aliphatic carbocycles. The average molecular weight is 198 g/mol. The highest BCUT2D eigenvalue weighted by Crippen LogP contribution is 2.39. The molecule has 1 fully saturated rings. The van der Waals surface area contributed by atoms with Crippen molar-refractivity contribution in [2.75, 3.05) is 0 Å². The van der Waals surface area contributed by atoms with Gasteiger partial charge in [-0.25, -0.2) is 8.78 Å². The molecule has 1 aromatic carbocycles. The van der Waals surface area contributed by atoms with Gasteiger partial charge in [-0.2, -0.15) is 0 Å². The van der Waals surface area contributed by atoms with Crippen LogP contribution < -0.4 is 4.74 Å². The molecular formula is C11H12F2O. The third kappa shape index (κ3) is 2.03. The van der Waals surface area contributed by atoms with Crippen LogP contribution in [0.25, 0.3) is 0 Å². The zero-order chi connectivity index (χ0) is 10.2. The van der Waals surface area contributed by atoms with E-state index in [1.54, 1.807) is 6.07 Å². The Morgan fingerprint density at radius 1 is 1.36 bits per heavy atom. The van der Waals surface area contributed by atoms with Gasteiger partial charge < -0.3 is 4.74 Å². The minimum atomic E-state index is -2.51. The van der Waals surface area contributed by atoms with E-state index < -0.39 is 5.92 Å². The van der Waals surface area contributed by atoms with E-state index in [0.29, 0.717) is 5.75 Å². The van der Waals surface area contributed by atoms with E-state index in [1.807, 2.05) is 25.1 Å². The molecule has 2 rings (SSSR count). The summed E-state index contributed by atoms with van der Waals surface area (Å²) < 4.78 is 30.4. The topological polar surface area (TPSA) is 9.23 Å². The van der Waals surface area contributed by atoms with Crippen molar-refractivity contribution in [3.63, 3.8) is 0 Å². The predicted octanol–water partition coefficient (Wildman–Crippen LogP) is 3.17. The second kappa shape index (κ2) is 3.23. The lowest BCUT2D eigenvalue weighted by Crippen LogP contribution is -2.43. The van der Waals surface area contributed by atoms with Crippen LogP contribution in [0, 0.1) is 6.92 Å². The summed E-state index contributed by atoms with van der Waals surface area (Å²) in [5.41, 5.74) is 1.08. The van der Waals surface area contributed by atoms with Gasteiger partial charge in [0.1, 0.15) is 11.9 Å². The van der Waals surface area contributed by atoms with E-state index in [-0.39, 0.29) is 18.9 Å². The molecule has 1 aliphatic rings. The fourth-order valence-electron chi connectivity index (χ4n) is 1.57. The molecule has 1 nitrogen and oxygen atoms in total. The zero-order valence-corrected chi connectivity index (χ0v) is 7.97. The Labute approximate surface area is 81.7 Å². The molecule has 0 N–H and O–H groups in total. The molecule has 1 aromatic rings. The van der Waals surface area contributed by atoms with Crippen LogP contribution in [0.3, 0.4) is 0 Å². The Morgan fingerprint density at radius 2 is 2.07 bits per heavy atom. The van der Waals surface area contributed by atoms with Crippen LogP contribution in [-0.2, 0) is 0 Å². The van der Waals surface area contributed by atoms with Gasteiger partial charge in [0.05, 0.1) is 0 Å². The minimum absolute atomic E-state index is 0.152. The number of alkyl halides is 2. The van der Waals surface area contributed by atoms with Gasteiger partial charge in [-0.3, -0.25) is 0 Å². The van der Waals surface area contributed by atoms with Gasteiger partial charge in [-0.15, -0.1) is 0 Å². The van der Waals surface area contributed by atoms with E-state index >= 15 is 0 Å². The largest absolute Gasteiger partial charge is 0.490 e. The number of rotatable bonds is 2. The summed E-state index contributed by atoms with van der Waals surface area (Å²) in [6.07, 6.45) is -0.617. The van der Waals surface area contributed by atoms with E-state index in [4.69, 9.17) is 4.74 Å². The van der Waals surface area contributed by atoms with E-state index in [0.717, 1.165) is 5.56 Å². The minimum Gasteiger partial charge on any atom is -0.490 e. The van der Waals surface area contributed by atoms with Crippen LogP contribution in [0.15, 0.2) is 24.3 Å². The molecule has 0 unspecified atom stereocenters. The van der Waals surface area contributed by atoms with Crippen LogP contribution in [0.2, 0.25) is 0 Å². The van der Waals surface area contributed by atoms with Gasteiger partial charge in [0.15, 0.2) is 0 Å². The van der Waals surface area contributed by atoms with Gasteiger partial charge in [-0.1, -0.05) is 12.1 Å². The third-order valence-corrected chi connectivity index (χ3v) is 2.34. The highest BCUT2D eigenvalue weighted by atomic mass is 19.3. The van der Waals surface area contributed by atoms with Crippen LogP contribution in [0.1, 0.15) is 18.4 Å². The first-order valence-corrected chi connectivity index (χ1v) is 4.66. The number of benzene rings is 1. The predicted molar refractivity (Wildman–Crippen MR) is 49.8 cm³/mol. The van der Waals surface area contributed by atoms with Crippen molar-refractivity contribution in [1.29, 1.82) is 0 Å². The molecule has 0 bridgehead atoms. The molecule has 0 aromatic heterocycles. The Balaban J connectivity index is 1.93. The summed E-state index contributed by atoms with van der Waals surface area (Å²) in [6.45, 7) is 1.95. The number of ether oxygens (including phenoxy) is 1. The summed E-state index contributed by atoms with van der Waals surface area (Å²) in [5, 5.41) is 0. The first-order valence-electron chi connectivity index (χ1n) is 4.66. The molecular weight excluding hydrogens is 186 g/mol. The summed E-state index contributed by atoms with van der Waals surface area (Å²) >= 11 is 0.